The SMILES string of the molecule is CC(C)N1CCC2(CCN(C(=O)C3CC3)C2)CC1. The number of hydrogen-bond donors (Lipinski definition) is 0. The molecule has 2 aliphatic heterocycles. The van der Waals surface area contributed by atoms with Crippen molar-refractivity contribution in [3.63, 3.8) is 0 Å². The number of likely N-dealkylation sites (tertiary alicyclic amines) is 2. The van der Waals surface area contributed by atoms with Gasteiger partial charge in [-0.1, -0.05) is 0 Å². The monoisotopic (exact) mass is 250 g/mol. The van der Waals surface area contributed by atoms with Crippen LogP contribution in [0.1, 0.15) is 46.0 Å². The lowest BCUT2D eigenvalue weighted by Gasteiger charge is -2.41. The van der Waals surface area contributed by atoms with E-state index < -0.39 is 0 Å². The smallest absolute Gasteiger partial charge is 0.225 e. The molecule has 3 nitrogen and oxygen atoms in total. The van der Waals surface area contributed by atoms with Crippen LogP contribution in [0, 0.1) is 11.3 Å². The average molecular weight is 250 g/mol. The molecule has 0 N–H and O–H groups in total. The number of hydrogen-bond acceptors (Lipinski definition) is 2. The van der Waals surface area contributed by atoms with Crippen molar-refractivity contribution in [2.75, 3.05) is 26.2 Å². The summed E-state index contributed by atoms with van der Waals surface area (Å²) in [6, 6.07) is 0.674. The molecule has 3 rings (SSSR count). The third-order valence-corrected chi connectivity index (χ3v) is 5.27. The zero-order valence-electron chi connectivity index (χ0n) is 11.8. The number of piperidine rings is 1. The van der Waals surface area contributed by atoms with Gasteiger partial charge in [-0.25, -0.2) is 0 Å². The largest absolute Gasteiger partial charge is 0.342 e. The van der Waals surface area contributed by atoms with Crippen LogP contribution in [0.15, 0.2) is 0 Å². The second-order valence-corrected chi connectivity index (χ2v) is 6.91. The van der Waals surface area contributed by atoms with Gasteiger partial charge in [-0.15, -0.1) is 0 Å². The van der Waals surface area contributed by atoms with Crippen molar-refractivity contribution < 1.29 is 4.79 Å². The van der Waals surface area contributed by atoms with E-state index >= 15 is 0 Å². The number of amides is 1. The molecule has 1 amide bonds. The van der Waals surface area contributed by atoms with E-state index in [0.29, 0.717) is 23.3 Å². The topological polar surface area (TPSA) is 23.6 Å². The van der Waals surface area contributed by atoms with Gasteiger partial charge in [0.05, 0.1) is 0 Å². The van der Waals surface area contributed by atoms with Gasteiger partial charge in [-0.2, -0.15) is 0 Å². The van der Waals surface area contributed by atoms with Crippen LogP contribution < -0.4 is 0 Å². The van der Waals surface area contributed by atoms with E-state index in [4.69, 9.17) is 0 Å². The van der Waals surface area contributed by atoms with Gasteiger partial charge in [0, 0.05) is 25.0 Å². The van der Waals surface area contributed by atoms with E-state index in [9.17, 15) is 4.79 Å². The van der Waals surface area contributed by atoms with Gasteiger partial charge < -0.3 is 9.80 Å². The van der Waals surface area contributed by atoms with Crippen molar-refractivity contribution in [2.45, 2.75) is 52.0 Å². The summed E-state index contributed by atoms with van der Waals surface area (Å²) in [6.45, 7) is 9.10. The van der Waals surface area contributed by atoms with Crippen LogP contribution in [-0.4, -0.2) is 47.9 Å². The Morgan fingerprint density at radius 3 is 2.28 bits per heavy atom. The van der Waals surface area contributed by atoms with E-state index in [1.165, 1.54) is 32.4 Å². The second kappa shape index (κ2) is 4.52. The molecule has 3 aliphatic rings. The van der Waals surface area contributed by atoms with Crippen LogP contribution in [0.4, 0.5) is 0 Å². The van der Waals surface area contributed by atoms with Crippen molar-refractivity contribution >= 4 is 5.91 Å². The van der Waals surface area contributed by atoms with Crippen molar-refractivity contribution in [1.29, 1.82) is 0 Å². The predicted octanol–water partition coefficient (Wildman–Crippen LogP) is 2.12. The molecule has 0 aromatic heterocycles. The van der Waals surface area contributed by atoms with Gasteiger partial charge in [-0.05, 0) is 64.5 Å². The summed E-state index contributed by atoms with van der Waals surface area (Å²) >= 11 is 0. The minimum atomic E-state index is 0.399. The molecular formula is C15H26N2O. The summed E-state index contributed by atoms with van der Waals surface area (Å²) in [5, 5.41) is 0. The van der Waals surface area contributed by atoms with Crippen molar-refractivity contribution in [3.05, 3.63) is 0 Å². The Morgan fingerprint density at radius 1 is 1.11 bits per heavy atom. The summed E-state index contributed by atoms with van der Waals surface area (Å²) < 4.78 is 0. The molecule has 2 heterocycles. The molecule has 102 valence electrons. The van der Waals surface area contributed by atoms with E-state index in [1.807, 2.05) is 0 Å². The quantitative estimate of drug-likeness (QED) is 0.749. The lowest BCUT2D eigenvalue weighted by molar-refractivity contribution is -0.132. The van der Waals surface area contributed by atoms with Gasteiger partial charge in [0.2, 0.25) is 5.91 Å². The van der Waals surface area contributed by atoms with E-state index in [2.05, 4.69) is 23.6 Å². The zero-order chi connectivity index (χ0) is 12.8. The predicted molar refractivity (Wildman–Crippen MR) is 72.3 cm³/mol. The highest BCUT2D eigenvalue weighted by Gasteiger charge is 2.44. The third kappa shape index (κ3) is 2.29. The molecule has 18 heavy (non-hydrogen) atoms. The molecular weight excluding hydrogens is 224 g/mol. The molecule has 0 radical (unpaired) electrons. The minimum Gasteiger partial charge on any atom is -0.342 e. The third-order valence-electron chi connectivity index (χ3n) is 5.27. The molecule has 0 unspecified atom stereocenters. The fourth-order valence-electron chi connectivity index (χ4n) is 3.63. The molecule has 0 aromatic carbocycles. The van der Waals surface area contributed by atoms with Gasteiger partial charge in [0.25, 0.3) is 0 Å². The summed E-state index contributed by atoms with van der Waals surface area (Å²) in [7, 11) is 0. The second-order valence-electron chi connectivity index (χ2n) is 6.91. The van der Waals surface area contributed by atoms with Crippen LogP contribution >= 0.6 is 0 Å². The summed E-state index contributed by atoms with van der Waals surface area (Å²) in [5.41, 5.74) is 0.468. The Kier molecular flexibility index (Phi) is 3.13. The lowest BCUT2D eigenvalue weighted by Crippen LogP contribution is -2.44. The van der Waals surface area contributed by atoms with Crippen molar-refractivity contribution in [2.24, 2.45) is 11.3 Å². The first-order valence-electron chi connectivity index (χ1n) is 7.62. The number of carbonyl (C=O) groups excluding carboxylic acids is 1. The molecule has 2 saturated heterocycles. The molecule has 1 spiro atoms. The lowest BCUT2D eigenvalue weighted by atomic mass is 9.77. The average Bonchev–Trinajstić information content (AvgIpc) is 3.13. The van der Waals surface area contributed by atoms with Crippen molar-refractivity contribution in [3.8, 4) is 0 Å². The Bertz CT molecular complexity index is 327. The highest BCUT2D eigenvalue weighted by Crippen LogP contribution is 2.42. The van der Waals surface area contributed by atoms with Gasteiger partial charge in [0.15, 0.2) is 0 Å². The Morgan fingerprint density at radius 2 is 1.72 bits per heavy atom. The number of carbonyl (C=O) groups is 1. The van der Waals surface area contributed by atoms with Gasteiger partial charge in [0.1, 0.15) is 0 Å². The Hall–Kier alpha value is -0.570. The maximum Gasteiger partial charge on any atom is 0.225 e. The summed E-state index contributed by atoms with van der Waals surface area (Å²) in [5.74, 6) is 0.856. The highest BCUT2D eigenvalue weighted by molar-refractivity contribution is 5.81. The van der Waals surface area contributed by atoms with E-state index in [0.717, 1.165) is 25.9 Å². The molecule has 3 heteroatoms. The first kappa shape index (κ1) is 12.5. The first-order valence-corrected chi connectivity index (χ1v) is 7.62. The normalized spacial score (nSPS) is 28.3. The van der Waals surface area contributed by atoms with Crippen LogP contribution in [0.5, 0.6) is 0 Å². The summed E-state index contributed by atoms with van der Waals surface area (Å²) in [6.07, 6.45) is 6.11. The molecule has 1 saturated carbocycles. The van der Waals surface area contributed by atoms with Crippen LogP contribution in [0.25, 0.3) is 0 Å². The van der Waals surface area contributed by atoms with Crippen molar-refractivity contribution in [1.82, 2.24) is 9.80 Å². The number of nitrogens with zero attached hydrogens (tertiary/aromatic N) is 2. The van der Waals surface area contributed by atoms with Gasteiger partial charge in [-0.3, -0.25) is 4.79 Å². The summed E-state index contributed by atoms with van der Waals surface area (Å²) in [4.78, 5) is 16.9. The van der Waals surface area contributed by atoms with E-state index in [-0.39, 0.29) is 0 Å². The minimum absolute atomic E-state index is 0.399. The highest BCUT2D eigenvalue weighted by atomic mass is 16.2. The Balaban J connectivity index is 1.56. The van der Waals surface area contributed by atoms with Crippen LogP contribution in [-0.2, 0) is 4.79 Å². The Labute approximate surface area is 111 Å². The zero-order valence-corrected chi connectivity index (χ0v) is 11.8. The molecule has 0 aromatic rings. The van der Waals surface area contributed by atoms with Crippen LogP contribution in [0.3, 0.4) is 0 Å². The molecule has 3 fully saturated rings. The standard InChI is InChI=1S/C15H26N2O/c1-12(2)16-8-5-15(6-9-16)7-10-17(11-15)14(18)13-3-4-13/h12-13H,3-11H2,1-2H3. The van der Waals surface area contributed by atoms with Crippen LogP contribution in [0.2, 0.25) is 0 Å². The molecule has 0 bridgehead atoms. The molecule has 1 aliphatic carbocycles. The molecule has 0 atom stereocenters. The maximum atomic E-state index is 12.1. The fourth-order valence-corrected chi connectivity index (χ4v) is 3.63. The van der Waals surface area contributed by atoms with Gasteiger partial charge >= 0.3 is 0 Å². The fraction of sp³-hybridized carbons (Fsp3) is 0.933. The van der Waals surface area contributed by atoms with E-state index in [1.54, 1.807) is 0 Å². The maximum absolute atomic E-state index is 12.1. The number of rotatable bonds is 2. The first-order chi connectivity index (χ1) is 8.60.